The van der Waals surface area contributed by atoms with Gasteiger partial charge in [-0.05, 0) is 37.1 Å². The lowest BCUT2D eigenvalue weighted by atomic mass is 10.0. The summed E-state index contributed by atoms with van der Waals surface area (Å²) >= 11 is 7.05. The van der Waals surface area contributed by atoms with Crippen molar-refractivity contribution in [2.75, 3.05) is 39.0 Å². The maximum Gasteiger partial charge on any atom is 0.387 e. The molecule has 150 valence electrons. The molecule has 0 radical (unpaired) electrons. The minimum atomic E-state index is -3.00. The number of alkyl halides is 2. The number of halogens is 3. The Morgan fingerprint density at radius 3 is 2.64 bits per heavy atom. The normalized spacial score (nSPS) is 22.1. The number of benzene rings is 1. The fraction of sp³-hybridized carbons (Fsp3) is 0.444. The van der Waals surface area contributed by atoms with E-state index in [1.165, 1.54) is 18.2 Å². The number of likely N-dealkylation sites (tertiary alicyclic amines) is 2. The molecule has 2 aromatic rings. The Morgan fingerprint density at radius 1 is 1.32 bits per heavy atom. The molecule has 2 fully saturated rings. The molecule has 0 bridgehead atoms. The second-order valence-electron chi connectivity index (χ2n) is 7.20. The maximum absolute atomic E-state index is 12.9. The number of nitrogens with two attached hydrogens (primary N) is 1. The third-order valence-corrected chi connectivity index (χ3v) is 6.31. The quantitative estimate of drug-likeness (QED) is 0.809. The number of aromatic nitrogens is 1. The minimum Gasteiger partial charge on any atom is -0.434 e. The zero-order valence-electron chi connectivity index (χ0n) is 15.1. The van der Waals surface area contributed by atoms with Crippen molar-refractivity contribution < 1.29 is 18.3 Å². The van der Waals surface area contributed by atoms with Gasteiger partial charge >= 0.3 is 6.61 Å². The van der Waals surface area contributed by atoms with E-state index in [2.05, 4.69) is 21.7 Å². The summed E-state index contributed by atoms with van der Waals surface area (Å²) in [4.78, 5) is 21.3. The molecule has 3 heterocycles. The number of fused-ring (bicyclic) bond motifs is 1. The van der Waals surface area contributed by atoms with Crippen LogP contribution < -0.4 is 10.5 Å². The molecule has 10 heteroatoms. The monoisotopic (exact) mass is 428 g/mol. The van der Waals surface area contributed by atoms with E-state index >= 15 is 0 Å². The van der Waals surface area contributed by atoms with E-state index < -0.39 is 6.61 Å². The minimum absolute atomic E-state index is 0.0888. The molecule has 1 aromatic heterocycles. The van der Waals surface area contributed by atoms with Gasteiger partial charge in [-0.3, -0.25) is 4.79 Å². The number of thiazole rings is 1. The smallest absolute Gasteiger partial charge is 0.387 e. The lowest BCUT2D eigenvalue weighted by Crippen LogP contribution is -2.32. The van der Waals surface area contributed by atoms with Crippen LogP contribution in [0.2, 0.25) is 5.02 Å². The summed E-state index contributed by atoms with van der Waals surface area (Å²) in [7, 11) is 2.09. The van der Waals surface area contributed by atoms with Crippen LogP contribution in [0.4, 0.5) is 13.8 Å². The van der Waals surface area contributed by atoms with Gasteiger partial charge in [0.1, 0.15) is 16.4 Å². The highest BCUT2D eigenvalue weighted by atomic mass is 35.5. The average Bonchev–Trinajstić information content (AvgIpc) is 3.28. The second kappa shape index (κ2) is 7.46. The number of carbonyl (C=O) groups is 1. The van der Waals surface area contributed by atoms with E-state index in [1.807, 2.05) is 0 Å². The van der Waals surface area contributed by atoms with Gasteiger partial charge in [-0.15, -0.1) is 0 Å². The van der Waals surface area contributed by atoms with Crippen molar-refractivity contribution in [1.82, 2.24) is 14.8 Å². The molecule has 4 rings (SSSR count). The summed E-state index contributed by atoms with van der Waals surface area (Å²) in [5.74, 6) is 0.682. The first-order valence-corrected chi connectivity index (χ1v) is 10.00. The van der Waals surface area contributed by atoms with Gasteiger partial charge in [-0.2, -0.15) is 8.78 Å². The summed E-state index contributed by atoms with van der Waals surface area (Å²) in [6, 6.07) is 4.23. The van der Waals surface area contributed by atoms with Crippen LogP contribution in [-0.4, -0.2) is 60.5 Å². The highest BCUT2D eigenvalue weighted by Gasteiger charge is 2.41. The van der Waals surface area contributed by atoms with Crippen molar-refractivity contribution in [3.63, 3.8) is 0 Å². The van der Waals surface area contributed by atoms with E-state index in [-0.39, 0.29) is 32.9 Å². The van der Waals surface area contributed by atoms with Crippen LogP contribution in [0.25, 0.3) is 11.3 Å². The van der Waals surface area contributed by atoms with Crippen LogP contribution in [-0.2, 0) is 0 Å². The SMILES string of the molecule is CN1CC2CN(C(=O)c3nc(-c4cc(Cl)ccc4OC(F)F)c(N)s3)CC2C1. The molecule has 0 aliphatic carbocycles. The molecular weight excluding hydrogens is 410 g/mol. The van der Waals surface area contributed by atoms with Gasteiger partial charge in [-0.25, -0.2) is 4.98 Å². The number of anilines is 1. The number of hydrogen-bond acceptors (Lipinski definition) is 6. The second-order valence-corrected chi connectivity index (χ2v) is 8.67. The number of carbonyl (C=O) groups excluding carboxylic acids is 1. The lowest BCUT2D eigenvalue weighted by molar-refractivity contribution is -0.0494. The molecule has 1 amide bonds. The predicted molar refractivity (Wildman–Crippen MR) is 104 cm³/mol. The number of rotatable bonds is 4. The van der Waals surface area contributed by atoms with Crippen molar-refractivity contribution in [2.45, 2.75) is 6.61 Å². The van der Waals surface area contributed by atoms with Crippen LogP contribution in [0.3, 0.4) is 0 Å². The van der Waals surface area contributed by atoms with E-state index in [9.17, 15) is 13.6 Å². The summed E-state index contributed by atoms with van der Waals surface area (Å²) < 4.78 is 30.0. The predicted octanol–water partition coefficient (Wildman–Crippen LogP) is 3.28. The van der Waals surface area contributed by atoms with Crippen molar-refractivity contribution in [3.8, 4) is 17.0 Å². The lowest BCUT2D eigenvalue weighted by Gasteiger charge is -2.18. The molecule has 2 atom stereocenters. The fourth-order valence-electron chi connectivity index (χ4n) is 4.03. The molecule has 28 heavy (non-hydrogen) atoms. The Hall–Kier alpha value is -1.97. The number of nitrogens with zero attached hydrogens (tertiary/aromatic N) is 3. The van der Waals surface area contributed by atoms with Gasteiger partial charge in [0.05, 0.1) is 0 Å². The van der Waals surface area contributed by atoms with Crippen molar-refractivity contribution >= 4 is 33.8 Å². The van der Waals surface area contributed by atoms with Gasteiger partial charge < -0.3 is 20.3 Å². The topological polar surface area (TPSA) is 71.7 Å². The highest BCUT2D eigenvalue weighted by Crippen LogP contribution is 2.39. The van der Waals surface area contributed by atoms with Crippen LogP contribution in [0, 0.1) is 11.8 Å². The molecule has 2 N–H and O–H groups in total. The van der Waals surface area contributed by atoms with E-state index in [1.54, 1.807) is 4.90 Å². The largest absolute Gasteiger partial charge is 0.434 e. The Labute approximate surface area is 169 Å². The molecule has 0 spiro atoms. The van der Waals surface area contributed by atoms with Crippen molar-refractivity contribution in [1.29, 1.82) is 0 Å². The number of amides is 1. The molecule has 2 unspecified atom stereocenters. The molecule has 2 aliphatic rings. The van der Waals surface area contributed by atoms with Gasteiger partial charge in [0.25, 0.3) is 5.91 Å². The third kappa shape index (κ3) is 3.66. The van der Waals surface area contributed by atoms with E-state index in [0.717, 1.165) is 24.4 Å². The number of hydrogen-bond donors (Lipinski definition) is 1. The Kier molecular flexibility index (Phi) is 5.15. The summed E-state index contributed by atoms with van der Waals surface area (Å²) in [6.45, 7) is 0.356. The first-order valence-electron chi connectivity index (χ1n) is 8.80. The summed E-state index contributed by atoms with van der Waals surface area (Å²) in [6.07, 6.45) is 0. The third-order valence-electron chi connectivity index (χ3n) is 5.21. The van der Waals surface area contributed by atoms with E-state index in [4.69, 9.17) is 17.3 Å². The Morgan fingerprint density at radius 2 is 2.00 bits per heavy atom. The number of nitrogen functional groups attached to an aromatic ring is 1. The molecule has 1 aromatic carbocycles. The molecule has 2 saturated heterocycles. The van der Waals surface area contributed by atoms with Gasteiger partial charge in [0, 0.05) is 36.8 Å². The average molecular weight is 429 g/mol. The van der Waals surface area contributed by atoms with E-state index in [0.29, 0.717) is 29.9 Å². The Balaban J connectivity index is 1.60. The standard InChI is InChI=1S/C18H19ClF2N4O2S/c1-24-5-9-7-25(8-10(9)6-24)17(26)16-23-14(15(22)28-16)12-4-11(19)2-3-13(12)27-18(20)21/h2-4,9-10,18H,5-8,22H2,1H3. The zero-order valence-corrected chi connectivity index (χ0v) is 16.6. The van der Waals surface area contributed by atoms with Crippen molar-refractivity contribution in [3.05, 3.63) is 28.2 Å². The van der Waals surface area contributed by atoms with Crippen LogP contribution in [0.1, 0.15) is 9.80 Å². The number of ether oxygens (including phenoxy) is 1. The Bertz CT molecular complexity index is 896. The fourth-order valence-corrected chi connectivity index (χ4v) is 5.02. The molecule has 2 aliphatic heterocycles. The van der Waals surface area contributed by atoms with Crippen molar-refractivity contribution in [2.24, 2.45) is 11.8 Å². The van der Waals surface area contributed by atoms with Crippen LogP contribution in [0.15, 0.2) is 18.2 Å². The van der Waals surface area contributed by atoms with Gasteiger partial charge in [0.2, 0.25) is 0 Å². The maximum atomic E-state index is 12.9. The first-order chi connectivity index (χ1) is 13.3. The van der Waals surface area contributed by atoms with Gasteiger partial charge in [0.15, 0.2) is 5.01 Å². The first kappa shape index (κ1) is 19.4. The van der Waals surface area contributed by atoms with Crippen LogP contribution in [0.5, 0.6) is 5.75 Å². The molecule has 0 saturated carbocycles. The summed E-state index contributed by atoms with van der Waals surface area (Å²) in [5.41, 5.74) is 6.53. The molecule has 6 nitrogen and oxygen atoms in total. The van der Waals surface area contributed by atoms with Gasteiger partial charge in [-0.1, -0.05) is 22.9 Å². The molecular formula is C18H19ClF2N4O2S. The van der Waals surface area contributed by atoms with Crippen LogP contribution >= 0.6 is 22.9 Å². The highest BCUT2D eigenvalue weighted by molar-refractivity contribution is 7.17. The zero-order chi connectivity index (χ0) is 20.0. The summed E-state index contributed by atoms with van der Waals surface area (Å²) in [5, 5.41) is 0.820.